The minimum atomic E-state index is 0.250. The molecule has 1 aliphatic heterocycles. The van der Waals surface area contributed by atoms with Gasteiger partial charge in [0.05, 0.1) is 23.3 Å². The first kappa shape index (κ1) is 17.6. The van der Waals surface area contributed by atoms with E-state index >= 15 is 0 Å². The van der Waals surface area contributed by atoms with Crippen LogP contribution >= 0.6 is 15.9 Å². The average Bonchev–Trinajstić information content (AvgIpc) is 3.17. The number of aryl methyl sites for hydroxylation is 2. The van der Waals surface area contributed by atoms with Gasteiger partial charge in [0.1, 0.15) is 5.76 Å². The Morgan fingerprint density at radius 1 is 1.28 bits per heavy atom. The van der Waals surface area contributed by atoms with E-state index < -0.39 is 0 Å². The summed E-state index contributed by atoms with van der Waals surface area (Å²) in [6.45, 7) is 7.86. The van der Waals surface area contributed by atoms with Crippen LogP contribution in [0.25, 0.3) is 0 Å². The van der Waals surface area contributed by atoms with Crippen LogP contribution in [-0.2, 0) is 13.1 Å². The molecule has 0 aliphatic carbocycles. The van der Waals surface area contributed by atoms with Crippen molar-refractivity contribution in [3.05, 3.63) is 39.5 Å². The van der Waals surface area contributed by atoms with Crippen molar-refractivity contribution in [1.29, 1.82) is 0 Å². The van der Waals surface area contributed by atoms with Crippen LogP contribution in [0.1, 0.15) is 29.8 Å². The van der Waals surface area contributed by atoms with E-state index in [-0.39, 0.29) is 6.79 Å². The fourth-order valence-electron chi connectivity index (χ4n) is 2.40. The zero-order valence-corrected chi connectivity index (χ0v) is 16.1. The van der Waals surface area contributed by atoms with Crippen molar-refractivity contribution in [3.8, 4) is 11.5 Å². The maximum atomic E-state index is 5.58. The molecule has 2 heterocycles. The van der Waals surface area contributed by atoms with Gasteiger partial charge in [-0.15, -0.1) is 0 Å². The van der Waals surface area contributed by atoms with Gasteiger partial charge in [0.2, 0.25) is 12.7 Å². The van der Waals surface area contributed by atoms with E-state index in [0.29, 0.717) is 24.9 Å². The Morgan fingerprint density at radius 3 is 2.84 bits per heavy atom. The SMILES string of the molecule is CCNC(=NCc1cc(Br)c2c(c1)OCO2)NCc1nc(C)c(C)o1. The van der Waals surface area contributed by atoms with E-state index in [1.54, 1.807) is 0 Å². The molecule has 0 atom stereocenters. The topological polar surface area (TPSA) is 80.9 Å². The van der Waals surface area contributed by atoms with Crippen LogP contribution in [0, 0.1) is 13.8 Å². The van der Waals surface area contributed by atoms with Gasteiger partial charge >= 0.3 is 0 Å². The number of rotatable bonds is 5. The first-order valence-electron chi connectivity index (χ1n) is 8.10. The van der Waals surface area contributed by atoms with E-state index in [1.807, 2.05) is 32.9 Å². The van der Waals surface area contributed by atoms with Gasteiger partial charge in [-0.1, -0.05) is 0 Å². The number of hydrogen-bond donors (Lipinski definition) is 2. The van der Waals surface area contributed by atoms with Crippen molar-refractivity contribution >= 4 is 21.9 Å². The van der Waals surface area contributed by atoms with Crippen LogP contribution in [0.2, 0.25) is 0 Å². The Morgan fingerprint density at radius 2 is 2.12 bits per heavy atom. The van der Waals surface area contributed by atoms with Gasteiger partial charge < -0.3 is 24.5 Å². The summed E-state index contributed by atoms with van der Waals surface area (Å²) in [4.78, 5) is 8.97. The molecule has 7 nitrogen and oxygen atoms in total. The monoisotopic (exact) mass is 408 g/mol. The van der Waals surface area contributed by atoms with Crippen LogP contribution in [-0.4, -0.2) is 24.3 Å². The molecule has 8 heteroatoms. The molecule has 1 aromatic carbocycles. The summed E-state index contributed by atoms with van der Waals surface area (Å²) in [7, 11) is 0. The molecule has 0 saturated carbocycles. The molecule has 0 spiro atoms. The molecule has 0 amide bonds. The number of benzene rings is 1. The third-order valence-electron chi connectivity index (χ3n) is 3.73. The summed E-state index contributed by atoms with van der Waals surface area (Å²) in [6.07, 6.45) is 0. The van der Waals surface area contributed by atoms with Gasteiger partial charge in [-0.3, -0.25) is 0 Å². The largest absolute Gasteiger partial charge is 0.454 e. The molecular formula is C17H21BrN4O3. The summed E-state index contributed by atoms with van der Waals surface area (Å²) in [5.41, 5.74) is 1.93. The van der Waals surface area contributed by atoms with E-state index in [9.17, 15) is 0 Å². The average molecular weight is 409 g/mol. The van der Waals surface area contributed by atoms with Gasteiger partial charge in [-0.05, 0) is 54.4 Å². The number of nitrogens with one attached hydrogen (secondary N) is 2. The molecule has 0 unspecified atom stereocenters. The lowest BCUT2D eigenvalue weighted by Gasteiger charge is -2.10. The molecular weight excluding hydrogens is 388 g/mol. The molecule has 2 aromatic rings. The molecule has 0 radical (unpaired) electrons. The number of hydrogen-bond acceptors (Lipinski definition) is 5. The number of ether oxygens (including phenoxy) is 2. The van der Waals surface area contributed by atoms with Crippen LogP contribution in [0.4, 0.5) is 0 Å². The molecule has 134 valence electrons. The third-order valence-corrected chi connectivity index (χ3v) is 4.32. The summed E-state index contributed by atoms with van der Waals surface area (Å²) >= 11 is 3.50. The number of aromatic nitrogens is 1. The zero-order chi connectivity index (χ0) is 17.8. The normalized spacial score (nSPS) is 13.2. The van der Waals surface area contributed by atoms with Gasteiger partial charge in [0.25, 0.3) is 0 Å². The number of fused-ring (bicyclic) bond motifs is 1. The Bertz CT molecular complexity index is 769. The molecule has 0 bridgehead atoms. The van der Waals surface area contributed by atoms with Crippen molar-refractivity contribution in [2.45, 2.75) is 33.9 Å². The second-order valence-electron chi connectivity index (χ2n) is 5.61. The van der Waals surface area contributed by atoms with Crippen molar-refractivity contribution in [2.75, 3.05) is 13.3 Å². The standard InChI is InChI=1S/C17H21BrN4O3/c1-4-19-17(21-8-15-22-10(2)11(3)25-15)20-7-12-5-13(18)16-14(6-12)23-9-24-16/h5-6H,4,7-9H2,1-3H3,(H2,19,20,21). The zero-order valence-electron chi connectivity index (χ0n) is 14.5. The lowest BCUT2D eigenvalue weighted by molar-refractivity contribution is 0.173. The maximum Gasteiger partial charge on any atom is 0.231 e. The van der Waals surface area contributed by atoms with E-state index in [1.165, 1.54) is 0 Å². The van der Waals surface area contributed by atoms with E-state index in [2.05, 4.69) is 36.5 Å². The smallest absolute Gasteiger partial charge is 0.231 e. The predicted octanol–water partition coefficient (Wildman–Crippen LogP) is 3.04. The molecule has 0 saturated heterocycles. The molecule has 0 fully saturated rings. The Balaban J connectivity index is 1.66. The quantitative estimate of drug-likeness (QED) is 0.584. The Kier molecular flexibility index (Phi) is 5.47. The second kappa shape index (κ2) is 7.77. The number of oxazole rings is 1. The van der Waals surface area contributed by atoms with Crippen LogP contribution < -0.4 is 20.1 Å². The highest BCUT2D eigenvalue weighted by atomic mass is 79.9. The van der Waals surface area contributed by atoms with Gasteiger partial charge in [0.15, 0.2) is 17.5 Å². The minimum absolute atomic E-state index is 0.250. The first-order chi connectivity index (χ1) is 12.1. The van der Waals surface area contributed by atoms with E-state index in [0.717, 1.165) is 39.5 Å². The fraction of sp³-hybridized carbons (Fsp3) is 0.412. The summed E-state index contributed by atoms with van der Waals surface area (Å²) < 4.78 is 17.3. The Hall–Kier alpha value is -2.22. The highest BCUT2D eigenvalue weighted by molar-refractivity contribution is 9.10. The van der Waals surface area contributed by atoms with Crippen molar-refractivity contribution in [2.24, 2.45) is 4.99 Å². The van der Waals surface area contributed by atoms with Crippen LogP contribution in [0.15, 0.2) is 26.0 Å². The van der Waals surface area contributed by atoms with Gasteiger partial charge in [-0.2, -0.15) is 0 Å². The Labute approximate surface area is 155 Å². The van der Waals surface area contributed by atoms with Crippen molar-refractivity contribution in [1.82, 2.24) is 15.6 Å². The van der Waals surface area contributed by atoms with Crippen molar-refractivity contribution < 1.29 is 13.9 Å². The van der Waals surface area contributed by atoms with Crippen LogP contribution in [0.5, 0.6) is 11.5 Å². The predicted molar refractivity (Wildman–Crippen MR) is 97.9 cm³/mol. The highest BCUT2D eigenvalue weighted by Crippen LogP contribution is 2.40. The number of halogens is 1. The first-order valence-corrected chi connectivity index (χ1v) is 8.89. The summed E-state index contributed by atoms with van der Waals surface area (Å²) in [5, 5.41) is 6.44. The highest BCUT2D eigenvalue weighted by Gasteiger charge is 2.17. The molecule has 3 rings (SSSR count). The molecule has 1 aromatic heterocycles. The molecule has 1 aliphatic rings. The lowest BCUT2D eigenvalue weighted by Crippen LogP contribution is -2.36. The number of guanidine groups is 1. The number of nitrogens with zero attached hydrogens (tertiary/aromatic N) is 2. The summed E-state index contributed by atoms with van der Waals surface area (Å²) in [5.74, 6) is 3.66. The fourth-order valence-corrected chi connectivity index (χ4v) is 3.00. The van der Waals surface area contributed by atoms with Gasteiger partial charge in [0, 0.05) is 6.54 Å². The van der Waals surface area contributed by atoms with Crippen LogP contribution in [0.3, 0.4) is 0 Å². The molecule has 25 heavy (non-hydrogen) atoms. The number of aliphatic imine (C=N–C) groups is 1. The van der Waals surface area contributed by atoms with Crippen molar-refractivity contribution in [3.63, 3.8) is 0 Å². The van der Waals surface area contributed by atoms with E-state index in [4.69, 9.17) is 13.9 Å². The molecule has 2 N–H and O–H groups in total. The lowest BCUT2D eigenvalue weighted by atomic mass is 10.2. The third kappa shape index (κ3) is 4.25. The maximum absolute atomic E-state index is 5.58. The second-order valence-corrected chi connectivity index (χ2v) is 6.46. The van der Waals surface area contributed by atoms with Gasteiger partial charge in [-0.25, -0.2) is 9.98 Å². The summed E-state index contributed by atoms with van der Waals surface area (Å²) in [6, 6.07) is 3.93. The minimum Gasteiger partial charge on any atom is -0.454 e.